The lowest BCUT2D eigenvalue weighted by Gasteiger charge is -2.07. The molecule has 0 radical (unpaired) electrons. The highest BCUT2D eigenvalue weighted by atomic mass is 35.5. The number of aromatic nitrogens is 1. The molecule has 0 fully saturated rings. The van der Waals surface area contributed by atoms with Crippen molar-refractivity contribution in [1.29, 1.82) is 5.26 Å². The van der Waals surface area contributed by atoms with Gasteiger partial charge in [-0.05, 0) is 30.3 Å². The summed E-state index contributed by atoms with van der Waals surface area (Å²) >= 11 is 5.85. The lowest BCUT2D eigenvalue weighted by Crippen LogP contribution is -2.12. The molecule has 6 heteroatoms. The molecule has 0 N–H and O–H groups in total. The Labute approximate surface area is 126 Å². The second kappa shape index (κ2) is 7.27. The van der Waals surface area contributed by atoms with Gasteiger partial charge in [0.05, 0.1) is 22.3 Å². The van der Waals surface area contributed by atoms with E-state index in [-0.39, 0.29) is 18.2 Å². The van der Waals surface area contributed by atoms with Crippen molar-refractivity contribution in [2.45, 2.75) is 0 Å². The summed E-state index contributed by atoms with van der Waals surface area (Å²) in [7, 11) is 0. The highest BCUT2D eigenvalue weighted by Gasteiger charge is 2.09. The maximum Gasteiger partial charge on any atom is 0.338 e. The molecule has 0 aliphatic heterocycles. The van der Waals surface area contributed by atoms with E-state index in [0.717, 1.165) is 0 Å². The molecule has 1 aromatic carbocycles. The van der Waals surface area contributed by atoms with Gasteiger partial charge in [-0.1, -0.05) is 11.6 Å². The molecule has 0 atom stereocenters. The van der Waals surface area contributed by atoms with Crippen molar-refractivity contribution >= 4 is 17.6 Å². The zero-order valence-electron chi connectivity index (χ0n) is 11.0. The molecule has 0 aliphatic rings. The minimum Gasteiger partial charge on any atom is -0.488 e. The molecule has 0 unspecified atom stereocenters. The van der Waals surface area contributed by atoms with Gasteiger partial charge in [-0.15, -0.1) is 0 Å². The molecule has 5 nitrogen and oxygen atoms in total. The average Bonchev–Trinajstić information content (AvgIpc) is 2.52. The monoisotopic (exact) mass is 302 g/mol. The lowest BCUT2D eigenvalue weighted by molar-refractivity contribution is 0.0450. The van der Waals surface area contributed by atoms with Crippen LogP contribution in [0.5, 0.6) is 5.75 Å². The van der Waals surface area contributed by atoms with Crippen LogP contribution in [0.4, 0.5) is 0 Å². The van der Waals surface area contributed by atoms with E-state index < -0.39 is 5.97 Å². The number of carbonyl (C=O) groups excluding carboxylic acids is 1. The van der Waals surface area contributed by atoms with E-state index in [4.69, 9.17) is 26.3 Å². The molecular weight excluding hydrogens is 292 g/mol. The Balaban J connectivity index is 1.82. The Hall–Kier alpha value is -2.58. The fourth-order valence-electron chi connectivity index (χ4n) is 1.54. The molecule has 0 saturated heterocycles. The quantitative estimate of drug-likeness (QED) is 0.627. The Kier molecular flexibility index (Phi) is 5.13. The van der Waals surface area contributed by atoms with Crippen molar-refractivity contribution in [1.82, 2.24) is 4.98 Å². The van der Waals surface area contributed by atoms with Crippen LogP contribution in [-0.4, -0.2) is 24.2 Å². The van der Waals surface area contributed by atoms with E-state index in [1.807, 2.05) is 6.07 Å². The van der Waals surface area contributed by atoms with Gasteiger partial charge < -0.3 is 9.47 Å². The van der Waals surface area contributed by atoms with Gasteiger partial charge >= 0.3 is 5.97 Å². The van der Waals surface area contributed by atoms with Crippen LogP contribution in [0.15, 0.2) is 42.7 Å². The largest absolute Gasteiger partial charge is 0.488 e. The van der Waals surface area contributed by atoms with Crippen molar-refractivity contribution in [3.8, 4) is 11.8 Å². The van der Waals surface area contributed by atoms with Crippen molar-refractivity contribution in [3.63, 3.8) is 0 Å². The van der Waals surface area contributed by atoms with Crippen LogP contribution in [0.25, 0.3) is 0 Å². The average molecular weight is 303 g/mol. The lowest BCUT2D eigenvalue weighted by atomic mass is 10.1. The first-order valence-electron chi connectivity index (χ1n) is 6.10. The van der Waals surface area contributed by atoms with E-state index in [2.05, 4.69) is 4.98 Å². The topological polar surface area (TPSA) is 72.2 Å². The summed E-state index contributed by atoms with van der Waals surface area (Å²) in [4.78, 5) is 15.7. The summed E-state index contributed by atoms with van der Waals surface area (Å²) in [5.41, 5.74) is 0.605. The molecule has 0 spiro atoms. The summed E-state index contributed by atoms with van der Waals surface area (Å²) in [6.07, 6.45) is 3.21. The van der Waals surface area contributed by atoms with Gasteiger partial charge in [0.15, 0.2) is 0 Å². The van der Waals surface area contributed by atoms with E-state index in [1.165, 1.54) is 18.2 Å². The molecule has 1 heterocycles. The molecule has 0 bridgehead atoms. The third-order valence-electron chi connectivity index (χ3n) is 2.54. The van der Waals surface area contributed by atoms with Crippen LogP contribution in [0.3, 0.4) is 0 Å². The first-order chi connectivity index (χ1) is 10.2. The Bertz CT molecular complexity index is 668. The van der Waals surface area contributed by atoms with Gasteiger partial charge in [-0.2, -0.15) is 5.26 Å². The Morgan fingerprint density at radius 2 is 2.19 bits per heavy atom. The van der Waals surface area contributed by atoms with Crippen LogP contribution >= 0.6 is 11.6 Å². The number of carbonyl (C=O) groups is 1. The third-order valence-corrected chi connectivity index (χ3v) is 2.86. The third kappa shape index (κ3) is 4.20. The normalized spacial score (nSPS) is 9.71. The maximum atomic E-state index is 11.8. The summed E-state index contributed by atoms with van der Waals surface area (Å²) in [5, 5.41) is 8.98. The van der Waals surface area contributed by atoms with Gasteiger partial charge in [-0.3, -0.25) is 4.98 Å². The summed E-state index contributed by atoms with van der Waals surface area (Å²) < 4.78 is 10.4. The van der Waals surface area contributed by atoms with E-state index in [9.17, 15) is 4.79 Å². The number of halogens is 1. The summed E-state index contributed by atoms with van der Waals surface area (Å²) in [5.74, 6) is 0.0890. The fraction of sp³-hybridized carbons (Fsp3) is 0.133. The number of rotatable bonds is 5. The van der Waals surface area contributed by atoms with Gasteiger partial charge in [0.2, 0.25) is 0 Å². The van der Waals surface area contributed by atoms with Gasteiger partial charge in [0.1, 0.15) is 25.0 Å². The number of ether oxygens (including phenoxy) is 2. The number of nitrogens with zero attached hydrogens (tertiary/aromatic N) is 2. The summed E-state index contributed by atoms with van der Waals surface area (Å²) in [6.45, 7) is 0.326. The van der Waals surface area contributed by atoms with E-state index in [0.29, 0.717) is 16.9 Å². The number of hydrogen-bond acceptors (Lipinski definition) is 5. The molecule has 2 aromatic rings. The van der Waals surface area contributed by atoms with Crippen molar-refractivity contribution in [2.75, 3.05) is 13.2 Å². The summed E-state index contributed by atoms with van der Waals surface area (Å²) in [6, 6.07) is 9.81. The minimum absolute atomic E-state index is 0.103. The second-order valence-electron chi connectivity index (χ2n) is 3.98. The first kappa shape index (κ1) is 14.8. The predicted molar refractivity (Wildman–Crippen MR) is 76.2 cm³/mol. The highest BCUT2D eigenvalue weighted by Crippen LogP contribution is 2.17. The molecular formula is C15H11ClN2O3. The van der Waals surface area contributed by atoms with Gasteiger partial charge in [-0.25, -0.2) is 4.79 Å². The van der Waals surface area contributed by atoms with Crippen LogP contribution < -0.4 is 4.74 Å². The smallest absolute Gasteiger partial charge is 0.338 e. The SMILES string of the molecule is N#Cc1ccc(C(=O)OCCOc2cccnc2)cc1Cl. The second-order valence-corrected chi connectivity index (χ2v) is 4.39. The predicted octanol–water partition coefficient (Wildman–Crippen LogP) is 2.84. The number of benzene rings is 1. The minimum atomic E-state index is -0.517. The molecule has 2 rings (SSSR count). The number of nitriles is 1. The van der Waals surface area contributed by atoms with Crippen molar-refractivity contribution in [2.24, 2.45) is 0 Å². The maximum absolute atomic E-state index is 11.8. The molecule has 0 saturated carbocycles. The van der Waals surface area contributed by atoms with Gasteiger partial charge in [0, 0.05) is 6.20 Å². The standard InChI is InChI=1S/C15H11ClN2O3/c16-14-8-11(3-4-12(14)9-17)15(19)21-7-6-20-13-2-1-5-18-10-13/h1-5,8,10H,6-7H2. The van der Waals surface area contributed by atoms with Crippen molar-refractivity contribution in [3.05, 3.63) is 58.9 Å². The first-order valence-corrected chi connectivity index (χ1v) is 6.48. The van der Waals surface area contributed by atoms with E-state index >= 15 is 0 Å². The molecule has 0 aliphatic carbocycles. The molecule has 0 amide bonds. The zero-order valence-corrected chi connectivity index (χ0v) is 11.7. The van der Waals surface area contributed by atoms with Crippen LogP contribution in [0.2, 0.25) is 5.02 Å². The number of hydrogen-bond donors (Lipinski definition) is 0. The molecule has 21 heavy (non-hydrogen) atoms. The molecule has 106 valence electrons. The van der Waals surface area contributed by atoms with Crippen LogP contribution in [-0.2, 0) is 4.74 Å². The number of pyridine rings is 1. The molecule has 1 aromatic heterocycles. The Morgan fingerprint density at radius 1 is 1.33 bits per heavy atom. The van der Waals surface area contributed by atoms with E-state index in [1.54, 1.807) is 24.5 Å². The van der Waals surface area contributed by atoms with Crippen LogP contribution in [0, 0.1) is 11.3 Å². The fourth-order valence-corrected chi connectivity index (χ4v) is 1.77. The zero-order chi connectivity index (χ0) is 15.1. The van der Waals surface area contributed by atoms with Crippen molar-refractivity contribution < 1.29 is 14.3 Å². The van der Waals surface area contributed by atoms with Crippen LogP contribution in [0.1, 0.15) is 15.9 Å². The van der Waals surface area contributed by atoms with Gasteiger partial charge in [0.25, 0.3) is 0 Å². The Morgan fingerprint density at radius 3 is 2.86 bits per heavy atom. The number of esters is 1. The highest BCUT2D eigenvalue weighted by molar-refractivity contribution is 6.32.